The maximum Gasteiger partial charge on any atom is 0.216 e. The van der Waals surface area contributed by atoms with Crippen LogP contribution in [0.25, 0.3) is 55.4 Å². The second-order valence-corrected chi connectivity index (χ2v) is 11.5. The number of benzene rings is 4. The summed E-state index contributed by atoms with van der Waals surface area (Å²) in [4.78, 5) is 0. The molecule has 6 aromatic rings. The van der Waals surface area contributed by atoms with E-state index in [4.69, 9.17) is 8.53 Å². The monoisotopic (exact) mass is 524 g/mol. The zero-order chi connectivity index (χ0) is 30.7. The molecule has 0 fully saturated rings. The predicted molar refractivity (Wildman–Crippen MR) is 164 cm³/mol. The number of aromatic nitrogens is 1. The molecule has 196 valence electrons. The van der Waals surface area contributed by atoms with Crippen molar-refractivity contribution in [3.63, 3.8) is 0 Å². The van der Waals surface area contributed by atoms with E-state index < -0.39 is 6.85 Å². The molecule has 0 aliphatic carbocycles. The molecule has 0 spiro atoms. The molecule has 0 unspecified atom stereocenters. The summed E-state index contributed by atoms with van der Waals surface area (Å²) < 4.78 is 31.9. The fraction of sp³-hybridized carbons (Fsp3) is 0.189. The molecule has 40 heavy (non-hydrogen) atoms. The fourth-order valence-electron chi connectivity index (χ4n) is 5.56. The Kier molecular flexibility index (Phi) is 5.27. The third-order valence-corrected chi connectivity index (χ3v) is 7.79. The molecule has 3 nitrogen and oxygen atoms in total. The average molecular weight is 525 g/mol. The summed E-state index contributed by atoms with van der Waals surface area (Å²) in [7, 11) is 1.85. The van der Waals surface area contributed by atoms with Gasteiger partial charge in [0.1, 0.15) is 18.2 Å². The van der Waals surface area contributed by atoms with E-state index in [1.807, 2.05) is 36.7 Å². The highest BCUT2D eigenvalue weighted by molar-refractivity contribution is 6.14. The van der Waals surface area contributed by atoms with Gasteiger partial charge in [0.05, 0.1) is 17.2 Å². The molecule has 0 bridgehead atoms. The van der Waals surface area contributed by atoms with Gasteiger partial charge < -0.3 is 4.42 Å². The van der Waals surface area contributed by atoms with Crippen LogP contribution in [0.1, 0.15) is 47.1 Å². The van der Waals surface area contributed by atoms with Crippen molar-refractivity contribution in [3.8, 4) is 39.6 Å². The largest absolute Gasteiger partial charge is 0.454 e. The zero-order valence-corrected chi connectivity index (χ0v) is 23.5. The SMILES string of the molecule is [2H]C([2H])([2H])c1ccc(-c2c(C)ccc3c2oc2c(-c4ccc(-c5ccc(C(C)(C)C)cc5)cc4)c(C#N)ccc23)[n+](C)c1. The standard InChI is InChI=1S/C37H33N2O/c1-23-7-20-32(39(6)22-23)33-24(2)8-18-30-31-19-15-28(21-38)34(36(31)40-35(30)33)27-11-9-25(10-12-27)26-13-16-29(17-14-26)37(3,4)5/h7-20,22H,1-6H3/q+1/i1D3. The molecule has 0 amide bonds. The molecular formula is C37H33N2O+. The summed E-state index contributed by atoms with van der Waals surface area (Å²) in [6.07, 6.45) is 1.65. The van der Waals surface area contributed by atoms with Crippen LogP contribution in [-0.4, -0.2) is 0 Å². The Morgan fingerprint density at radius 2 is 1.35 bits per heavy atom. The molecule has 2 aromatic heterocycles. The summed E-state index contributed by atoms with van der Waals surface area (Å²) in [5.74, 6) is 0. The number of aryl methyl sites for hydroxylation is 3. The summed E-state index contributed by atoms with van der Waals surface area (Å²) >= 11 is 0. The molecule has 4 aromatic carbocycles. The van der Waals surface area contributed by atoms with E-state index in [-0.39, 0.29) is 11.0 Å². The van der Waals surface area contributed by atoms with Crippen molar-refractivity contribution in [1.29, 1.82) is 5.26 Å². The first-order valence-corrected chi connectivity index (χ1v) is 13.5. The van der Waals surface area contributed by atoms with Crippen LogP contribution < -0.4 is 4.57 Å². The molecular weight excluding hydrogens is 488 g/mol. The maximum absolute atomic E-state index is 10.1. The Morgan fingerprint density at radius 3 is 1.95 bits per heavy atom. The summed E-state index contributed by atoms with van der Waals surface area (Å²) in [6.45, 7) is 6.46. The second-order valence-electron chi connectivity index (χ2n) is 11.5. The van der Waals surface area contributed by atoms with Gasteiger partial charge in [-0.05, 0) is 65.2 Å². The van der Waals surface area contributed by atoms with Crippen molar-refractivity contribution in [2.75, 3.05) is 0 Å². The number of pyridine rings is 1. The summed E-state index contributed by atoms with van der Waals surface area (Å²) in [6, 6.07) is 30.7. The van der Waals surface area contributed by atoms with Crippen LogP contribution in [0.2, 0.25) is 0 Å². The first-order chi connectivity index (χ1) is 20.4. The number of nitrogens with zero attached hydrogens (tertiary/aromatic N) is 2. The van der Waals surface area contributed by atoms with Crippen molar-refractivity contribution >= 4 is 21.9 Å². The van der Waals surface area contributed by atoms with Crippen LogP contribution in [0.5, 0.6) is 0 Å². The molecule has 0 aliphatic rings. The van der Waals surface area contributed by atoms with Crippen LogP contribution in [0, 0.1) is 25.1 Å². The van der Waals surface area contributed by atoms with Gasteiger partial charge in [0, 0.05) is 32.1 Å². The van der Waals surface area contributed by atoms with Crippen molar-refractivity contribution in [1.82, 2.24) is 0 Å². The normalized spacial score (nSPS) is 13.2. The fourth-order valence-corrected chi connectivity index (χ4v) is 5.56. The minimum absolute atomic E-state index is 0.0956. The highest BCUT2D eigenvalue weighted by Gasteiger charge is 2.23. The smallest absolute Gasteiger partial charge is 0.216 e. The first-order valence-electron chi connectivity index (χ1n) is 15.0. The van der Waals surface area contributed by atoms with E-state index in [1.54, 1.807) is 12.3 Å². The Labute approximate surface area is 240 Å². The topological polar surface area (TPSA) is 40.8 Å². The van der Waals surface area contributed by atoms with E-state index >= 15 is 0 Å². The van der Waals surface area contributed by atoms with Crippen LogP contribution in [0.15, 0.2) is 95.5 Å². The van der Waals surface area contributed by atoms with Gasteiger partial charge >= 0.3 is 0 Å². The highest BCUT2D eigenvalue weighted by Crippen LogP contribution is 2.42. The van der Waals surface area contributed by atoms with E-state index in [0.29, 0.717) is 16.7 Å². The second kappa shape index (κ2) is 9.50. The van der Waals surface area contributed by atoms with Crippen molar-refractivity contribution in [2.24, 2.45) is 7.05 Å². The first kappa shape index (κ1) is 22.2. The van der Waals surface area contributed by atoms with Gasteiger partial charge in [-0.3, -0.25) is 0 Å². The van der Waals surface area contributed by atoms with Gasteiger partial charge in [0.2, 0.25) is 5.69 Å². The molecule has 2 heterocycles. The lowest BCUT2D eigenvalue weighted by molar-refractivity contribution is -0.660. The number of rotatable bonds is 3. The van der Waals surface area contributed by atoms with Gasteiger partial charge in [0.15, 0.2) is 6.20 Å². The van der Waals surface area contributed by atoms with E-state index in [0.717, 1.165) is 49.8 Å². The molecule has 3 heteroatoms. The molecule has 6 rings (SSSR count). The van der Waals surface area contributed by atoms with Gasteiger partial charge in [-0.15, -0.1) is 0 Å². The van der Waals surface area contributed by atoms with Gasteiger partial charge in [-0.25, -0.2) is 4.57 Å². The quantitative estimate of drug-likeness (QED) is 0.217. The summed E-state index contributed by atoms with van der Waals surface area (Å²) in [5, 5.41) is 12.0. The Morgan fingerprint density at radius 1 is 0.750 bits per heavy atom. The van der Waals surface area contributed by atoms with E-state index in [1.165, 1.54) is 5.56 Å². The number of furan rings is 1. The molecule has 0 atom stereocenters. The van der Waals surface area contributed by atoms with Crippen molar-refractivity contribution in [2.45, 2.75) is 40.0 Å². The number of nitriles is 1. The Hall–Kier alpha value is -4.68. The van der Waals surface area contributed by atoms with Gasteiger partial charge in [-0.1, -0.05) is 81.4 Å². The van der Waals surface area contributed by atoms with Gasteiger partial charge in [0.25, 0.3) is 0 Å². The van der Waals surface area contributed by atoms with Crippen LogP contribution in [-0.2, 0) is 12.5 Å². The van der Waals surface area contributed by atoms with Gasteiger partial charge in [-0.2, -0.15) is 5.26 Å². The zero-order valence-electron chi connectivity index (χ0n) is 26.5. The number of hydrogen-bond acceptors (Lipinski definition) is 2. The minimum Gasteiger partial charge on any atom is -0.454 e. The van der Waals surface area contributed by atoms with Crippen LogP contribution >= 0.6 is 0 Å². The van der Waals surface area contributed by atoms with Crippen molar-refractivity contribution < 1.29 is 13.1 Å². The highest BCUT2D eigenvalue weighted by atomic mass is 16.3. The third-order valence-electron chi connectivity index (χ3n) is 7.79. The minimum atomic E-state index is -2.19. The summed E-state index contributed by atoms with van der Waals surface area (Å²) in [5.41, 5.74) is 10.2. The number of hydrogen-bond donors (Lipinski definition) is 0. The maximum atomic E-state index is 10.1. The van der Waals surface area contributed by atoms with Crippen molar-refractivity contribution in [3.05, 3.63) is 113 Å². The lowest BCUT2D eigenvalue weighted by Crippen LogP contribution is -2.31. The Bertz CT molecular complexity index is 2050. The average Bonchev–Trinajstić information content (AvgIpc) is 3.34. The molecule has 0 saturated carbocycles. The van der Waals surface area contributed by atoms with Crippen LogP contribution in [0.3, 0.4) is 0 Å². The van der Waals surface area contributed by atoms with Crippen LogP contribution in [0.4, 0.5) is 0 Å². The molecule has 0 saturated heterocycles. The predicted octanol–water partition coefficient (Wildman–Crippen LogP) is 9.20. The number of fused-ring (bicyclic) bond motifs is 3. The molecule has 0 N–H and O–H groups in total. The molecule has 0 radical (unpaired) electrons. The Balaban J connectivity index is 1.50. The third kappa shape index (κ3) is 4.27. The molecule has 0 aliphatic heterocycles. The van der Waals surface area contributed by atoms with E-state index in [2.05, 4.69) is 87.5 Å². The van der Waals surface area contributed by atoms with E-state index in [9.17, 15) is 5.26 Å². The lowest BCUT2D eigenvalue weighted by Gasteiger charge is -2.19. The lowest BCUT2D eigenvalue weighted by atomic mass is 9.86.